The summed E-state index contributed by atoms with van der Waals surface area (Å²) in [5.74, 6) is 0.573. The van der Waals surface area contributed by atoms with Crippen LogP contribution in [-0.2, 0) is 6.54 Å². The second-order valence-electron chi connectivity index (χ2n) is 5.22. The predicted octanol–water partition coefficient (Wildman–Crippen LogP) is 2.76. The molecule has 3 aromatic rings. The summed E-state index contributed by atoms with van der Waals surface area (Å²) in [5.41, 5.74) is 15.5. The molecule has 1 aromatic heterocycles. The summed E-state index contributed by atoms with van der Waals surface area (Å²) in [4.78, 5) is 19.3. The number of benzene rings is 2. The first kappa shape index (κ1) is 15.6. The van der Waals surface area contributed by atoms with E-state index in [0.29, 0.717) is 18.1 Å². The number of amides is 2. The van der Waals surface area contributed by atoms with Crippen molar-refractivity contribution in [2.75, 3.05) is 5.32 Å². The van der Waals surface area contributed by atoms with Crippen molar-refractivity contribution in [3.05, 3.63) is 66.5 Å². The molecule has 0 radical (unpaired) electrons. The summed E-state index contributed by atoms with van der Waals surface area (Å²) in [7, 11) is 0. The van der Waals surface area contributed by atoms with E-state index in [4.69, 9.17) is 11.5 Å². The van der Waals surface area contributed by atoms with Crippen LogP contribution in [0.1, 0.15) is 5.56 Å². The Hall–Kier alpha value is -3.25. The molecule has 5 N–H and O–H groups in total. The van der Waals surface area contributed by atoms with Crippen LogP contribution in [-0.4, -0.2) is 16.0 Å². The average Bonchev–Trinajstić information content (AvgIpc) is 2.62. The van der Waals surface area contributed by atoms with Crippen LogP contribution in [0.25, 0.3) is 22.5 Å². The molecule has 6 heteroatoms. The van der Waals surface area contributed by atoms with Gasteiger partial charge in [-0.1, -0.05) is 48.5 Å². The summed E-state index contributed by atoms with van der Waals surface area (Å²) < 4.78 is 0. The number of anilines is 1. The van der Waals surface area contributed by atoms with Crippen molar-refractivity contribution in [1.82, 2.24) is 9.97 Å². The predicted molar refractivity (Wildman–Crippen MR) is 94.0 cm³/mol. The number of nitrogens with one attached hydrogen (secondary N) is 1. The van der Waals surface area contributed by atoms with Crippen LogP contribution in [0.3, 0.4) is 0 Å². The lowest BCUT2D eigenvalue weighted by Crippen LogP contribution is -2.19. The molecule has 2 aromatic carbocycles. The van der Waals surface area contributed by atoms with Crippen LogP contribution in [0.5, 0.6) is 0 Å². The van der Waals surface area contributed by atoms with Crippen LogP contribution in [0.2, 0.25) is 0 Å². The fourth-order valence-corrected chi connectivity index (χ4v) is 2.46. The van der Waals surface area contributed by atoms with Gasteiger partial charge in [-0.25, -0.2) is 14.8 Å². The van der Waals surface area contributed by atoms with Crippen molar-refractivity contribution < 1.29 is 4.79 Å². The summed E-state index contributed by atoms with van der Waals surface area (Å²) in [6.07, 6.45) is 3.04. The smallest absolute Gasteiger partial charge is 0.316 e. The summed E-state index contributed by atoms with van der Waals surface area (Å²) in [6.45, 7) is 0.495. The second-order valence-corrected chi connectivity index (χ2v) is 5.22. The molecule has 0 aliphatic carbocycles. The average molecular weight is 319 g/mol. The number of aromatic nitrogens is 2. The van der Waals surface area contributed by atoms with E-state index in [0.717, 1.165) is 22.3 Å². The Balaban J connectivity index is 1.85. The highest BCUT2D eigenvalue weighted by molar-refractivity contribution is 5.87. The van der Waals surface area contributed by atoms with Crippen molar-refractivity contribution in [3.8, 4) is 22.5 Å². The summed E-state index contributed by atoms with van der Waals surface area (Å²) in [6, 6.07) is 15.4. The Morgan fingerprint density at radius 3 is 2.21 bits per heavy atom. The van der Waals surface area contributed by atoms with Gasteiger partial charge in [-0.05, 0) is 16.7 Å². The van der Waals surface area contributed by atoms with E-state index < -0.39 is 6.03 Å². The lowest BCUT2D eigenvalue weighted by atomic mass is 9.98. The van der Waals surface area contributed by atoms with Crippen LogP contribution in [0.4, 0.5) is 10.5 Å². The van der Waals surface area contributed by atoms with Crippen LogP contribution in [0.15, 0.2) is 60.9 Å². The number of carbonyl (C=O) groups is 1. The van der Waals surface area contributed by atoms with E-state index in [2.05, 4.69) is 21.4 Å². The van der Waals surface area contributed by atoms with Crippen LogP contribution in [0, 0.1) is 0 Å². The molecule has 0 bridgehead atoms. The zero-order valence-corrected chi connectivity index (χ0v) is 12.9. The minimum Gasteiger partial charge on any atom is -0.351 e. The summed E-state index contributed by atoms with van der Waals surface area (Å²) >= 11 is 0. The largest absolute Gasteiger partial charge is 0.351 e. The molecule has 1 heterocycles. The first-order valence-corrected chi connectivity index (χ1v) is 7.44. The first-order valence-electron chi connectivity index (χ1n) is 7.44. The highest BCUT2D eigenvalue weighted by atomic mass is 16.2. The van der Waals surface area contributed by atoms with Crippen LogP contribution >= 0.6 is 0 Å². The lowest BCUT2D eigenvalue weighted by Gasteiger charge is -2.08. The highest BCUT2D eigenvalue weighted by Crippen LogP contribution is 2.26. The fourth-order valence-electron chi connectivity index (χ4n) is 2.46. The Morgan fingerprint density at radius 2 is 1.58 bits per heavy atom. The Morgan fingerprint density at radius 1 is 0.958 bits per heavy atom. The molecule has 0 saturated carbocycles. The van der Waals surface area contributed by atoms with E-state index in [-0.39, 0.29) is 0 Å². The zero-order chi connectivity index (χ0) is 16.9. The lowest BCUT2D eigenvalue weighted by molar-refractivity contribution is 0.259. The highest BCUT2D eigenvalue weighted by Gasteiger charge is 2.06. The molecular weight excluding hydrogens is 302 g/mol. The number of nitrogens with two attached hydrogens (primary N) is 2. The maximum atomic E-state index is 10.8. The molecule has 0 aliphatic heterocycles. The van der Waals surface area contributed by atoms with E-state index in [9.17, 15) is 4.79 Å². The van der Waals surface area contributed by atoms with Gasteiger partial charge in [0.1, 0.15) is 0 Å². The minimum absolute atomic E-state index is 0.458. The zero-order valence-electron chi connectivity index (χ0n) is 12.9. The quantitative estimate of drug-likeness (QED) is 0.687. The van der Waals surface area contributed by atoms with Gasteiger partial charge in [0.2, 0.25) is 0 Å². The molecule has 0 atom stereocenters. The number of primary amides is 1. The van der Waals surface area contributed by atoms with Gasteiger partial charge in [0.25, 0.3) is 0 Å². The van der Waals surface area contributed by atoms with Crippen molar-refractivity contribution in [3.63, 3.8) is 0 Å². The summed E-state index contributed by atoms with van der Waals surface area (Å²) in [5, 5.41) is 2.43. The van der Waals surface area contributed by atoms with E-state index in [1.54, 1.807) is 0 Å². The monoisotopic (exact) mass is 319 g/mol. The minimum atomic E-state index is -0.644. The third kappa shape index (κ3) is 3.39. The number of nitrogens with zero attached hydrogens (tertiary/aromatic N) is 2. The maximum absolute atomic E-state index is 10.8. The molecule has 24 heavy (non-hydrogen) atoms. The van der Waals surface area contributed by atoms with Gasteiger partial charge in [0.15, 0.2) is 5.82 Å². The Labute approximate surface area is 139 Å². The van der Waals surface area contributed by atoms with Crippen molar-refractivity contribution in [1.29, 1.82) is 0 Å². The number of rotatable bonds is 4. The normalized spacial score (nSPS) is 10.4. The van der Waals surface area contributed by atoms with Crippen molar-refractivity contribution in [2.24, 2.45) is 11.5 Å². The SMILES string of the molecule is NCc1ccccc1-c1ccc(-c2ncc(NC(N)=O)cn2)cc1. The fraction of sp³-hybridized carbons (Fsp3) is 0.0556. The third-order valence-electron chi connectivity index (χ3n) is 3.61. The number of hydrogen-bond acceptors (Lipinski definition) is 4. The number of hydrogen-bond donors (Lipinski definition) is 3. The number of carbonyl (C=O) groups excluding carboxylic acids is 1. The molecule has 0 spiro atoms. The second kappa shape index (κ2) is 6.89. The standard InChI is InChI=1S/C18H17N5O/c19-9-14-3-1-2-4-16(14)12-5-7-13(8-6-12)17-21-10-15(11-22-17)23-18(20)24/h1-8,10-11H,9,19H2,(H3,20,23,24). The molecule has 6 nitrogen and oxygen atoms in total. The van der Waals surface area contributed by atoms with Gasteiger partial charge in [0.05, 0.1) is 18.1 Å². The molecule has 0 aliphatic rings. The van der Waals surface area contributed by atoms with Gasteiger partial charge < -0.3 is 16.8 Å². The first-order chi connectivity index (χ1) is 11.7. The molecule has 2 amide bonds. The van der Waals surface area contributed by atoms with E-state index in [1.165, 1.54) is 12.4 Å². The topological polar surface area (TPSA) is 107 Å². The van der Waals surface area contributed by atoms with E-state index >= 15 is 0 Å². The van der Waals surface area contributed by atoms with Gasteiger partial charge in [-0.3, -0.25) is 0 Å². The van der Waals surface area contributed by atoms with Gasteiger partial charge in [0, 0.05) is 12.1 Å². The third-order valence-corrected chi connectivity index (χ3v) is 3.61. The molecular formula is C18H17N5O. The van der Waals surface area contributed by atoms with Crippen LogP contribution < -0.4 is 16.8 Å². The van der Waals surface area contributed by atoms with Gasteiger partial charge in [-0.15, -0.1) is 0 Å². The maximum Gasteiger partial charge on any atom is 0.316 e. The van der Waals surface area contributed by atoms with E-state index in [1.807, 2.05) is 42.5 Å². The Bertz CT molecular complexity index is 844. The molecule has 3 rings (SSSR count). The van der Waals surface area contributed by atoms with Crippen molar-refractivity contribution in [2.45, 2.75) is 6.54 Å². The molecule has 0 fully saturated rings. The number of urea groups is 1. The Kier molecular flexibility index (Phi) is 4.49. The van der Waals surface area contributed by atoms with Crippen molar-refractivity contribution >= 4 is 11.7 Å². The molecule has 120 valence electrons. The molecule has 0 saturated heterocycles. The van der Waals surface area contributed by atoms with Gasteiger partial charge >= 0.3 is 6.03 Å². The van der Waals surface area contributed by atoms with Gasteiger partial charge in [-0.2, -0.15) is 0 Å². The molecule has 0 unspecified atom stereocenters.